The lowest BCUT2D eigenvalue weighted by Crippen LogP contribution is -2.66. The number of carbonyl (C=O) groups excluding carboxylic acids is 2. The summed E-state index contributed by atoms with van der Waals surface area (Å²) in [5, 5.41) is 4.56. The molecule has 0 aliphatic carbocycles. The third-order valence-electron chi connectivity index (χ3n) is 5.12. The van der Waals surface area contributed by atoms with Crippen LogP contribution in [0.15, 0.2) is 72.8 Å². The van der Waals surface area contributed by atoms with Crippen LogP contribution in [0, 0.1) is 0 Å². The summed E-state index contributed by atoms with van der Waals surface area (Å²) in [7, 11) is -2.70. The SMILES string of the molecule is C=C(COC(=O)CNC(=O)OC(C)(C)C)CO[Si](c1ccccc1)(c1ccccc1)C(C)(C)C. The van der Waals surface area contributed by atoms with Gasteiger partial charge >= 0.3 is 12.1 Å². The van der Waals surface area contributed by atoms with Gasteiger partial charge in [0.1, 0.15) is 18.8 Å². The lowest BCUT2D eigenvalue weighted by molar-refractivity contribution is -0.141. The van der Waals surface area contributed by atoms with E-state index in [1.165, 1.54) is 10.4 Å². The lowest BCUT2D eigenvalue weighted by atomic mass is 10.2. The van der Waals surface area contributed by atoms with Gasteiger partial charge in [-0.3, -0.25) is 4.79 Å². The van der Waals surface area contributed by atoms with E-state index in [0.717, 1.165) is 0 Å². The Kier molecular flexibility index (Phi) is 9.24. The first-order valence-corrected chi connectivity index (χ1v) is 13.3. The second-order valence-electron chi connectivity index (χ2n) is 10.2. The molecule has 7 heteroatoms. The van der Waals surface area contributed by atoms with Crippen molar-refractivity contribution in [1.82, 2.24) is 5.32 Å². The predicted octanol–water partition coefficient (Wildman–Crippen LogP) is 4.19. The van der Waals surface area contributed by atoms with E-state index in [0.29, 0.717) is 5.57 Å². The van der Waals surface area contributed by atoms with Crippen LogP contribution in [0.1, 0.15) is 41.5 Å². The van der Waals surface area contributed by atoms with Crippen LogP contribution in [0.25, 0.3) is 0 Å². The van der Waals surface area contributed by atoms with E-state index in [1.54, 1.807) is 20.8 Å². The van der Waals surface area contributed by atoms with Gasteiger partial charge in [0.2, 0.25) is 0 Å². The van der Waals surface area contributed by atoms with E-state index in [2.05, 4.69) is 56.9 Å². The number of benzene rings is 2. The molecule has 184 valence electrons. The van der Waals surface area contributed by atoms with E-state index in [-0.39, 0.29) is 24.8 Å². The molecule has 0 spiro atoms. The molecule has 0 fully saturated rings. The first-order chi connectivity index (χ1) is 15.8. The highest BCUT2D eigenvalue weighted by Gasteiger charge is 2.50. The van der Waals surface area contributed by atoms with Crippen molar-refractivity contribution < 1.29 is 23.5 Å². The minimum absolute atomic E-state index is 0.00698. The summed E-state index contributed by atoms with van der Waals surface area (Å²) in [4.78, 5) is 23.8. The van der Waals surface area contributed by atoms with E-state index in [9.17, 15) is 9.59 Å². The molecule has 2 rings (SSSR count). The average molecular weight is 484 g/mol. The summed E-state index contributed by atoms with van der Waals surface area (Å²) in [6.07, 6.45) is -0.668. The van der Waals surface area contributed by atoms with Gasteiger partial charge in [0, 0.05) is 0 Å². The highest BCUT2D eigenvalue weighted by molar-refractivity contribution is 6.99. The Bertz CT molecular complexity index is 923. The zero-order valence-corrected chi connectivity index (χ0v) is 22.1. The number of esters is 1. The number of rotatable bonds is 9. The molecule has 0 unspecified atom stereocenters. The van der Waals surface area contributed by atoms with Crippen molar-refractivity contribution in [3.05, 3.63) is 72.8 Å². The molecule has 6 nitrogen and oxygen atoms in total. The summed E-state index contributed by atoms with van der Waals surface area (Å²) >= 11 is 0. The van der Waals surface area contributed by atoms with Crippen LogP contribution in [-0.2, 0) is 18.7 Å². The quantitative estimate of drug-likeness (QED) is 0.329. The van der Waals surface area contributed by atoms with Gasteiger partial charge < -0.3 is 19.2 Å². The second-order valence-corrected chi connectivity index (χ2v) is 14.5. The van der Waals surface area contributed by atoms with Crippen LogP contribution in [-0.4, -0.2) is 45.7 Å². The molecule has 1 amide bonds. The number of nitrogens with one attached hydrogen (secondary N) is 1. The molecular formula is C27H37NO5Si. The van der Waals surface area contributed by atoms with Crippen molar-refractivity contribution in [2.45, 2.75) is 52.2 Å². The van der Waals surface area contributed by atoms with Crippen molar-refractivity contribution in [3.63, 3.8) is 0 Å². The predicted molar refractivity (Wildman–Crippen MR) is 138 cm³/mol. The van der Waals surface area contributed by atoms with E-state index >= 15 is 0 Å². The number of ether oxygens (including phenoxy) is 2. The third-order valence-corrected chi connectivity index (χ3v) is 10.1. The number of carbonyl (C=O) groups is 2. The zero-order valence-electron chi connectivity index (χ0n) is 21.1. The lowest BCUT2D eigenvalue weighted by Gasteiger charge is -2.43. The largest absolute Gasteiger partial charge is 0.460 e. The molecule has 0 atom stereocenters. The average Bonchev–Trinajstić information content (AvgIpc) is 2.76. The maximum atomic E-state index is 12.1. The van der Waals surface area contributed by atoms with Crippen LogP contribution in [0.3, 0.4) is 0 Å². The third kappa shape index (κ3) is 7.57. The molecule has 0 saturated heterocycles. The van der Waals surface area contributed by atoms with Gasteiger partial charge in [-0.1, -0.05) is 88.0 Å². The topological polar surface area (TPSA) is 73.9 Å². The molecule has 34 heavy (non-hydrogen) atoms. The molecule has 0 aliphatic rings. The number of hydrogen-bond donors (Lipinski definition) is 1. The van der Waals surface area contributed by atoms with E-state index < -0.39 is 26.0 Å². The Hall–Kier alpha value is -2.90. The van der Waals surface area contributed by atoms with Gasteiger partial charge in [0.05, 0.1) is 6.61 Å². The van der Waals surface area contributed by atoms with Crippen molar-refractivity contribution in [2.75, 3.05) is 19.8 Å². The monoisotopic (exact) mass is 483 g/mol. The Morgan fingerprint density at radius 3 is 1.79 bits per heavy atom. The molecule has 2 aromatic carbocycles. The standard InChI is InChI=1S/C27H37NO5Si/c1-21(19-31-24(29)18-28-25(30)33-26(2,3)4)20-32-34(27(5,6)7,22-14-10-8-11-15-22)23-16-12-9-13-17-23/h8-17H,1,18-20H2,2-7H3,(H,28,30). The van der Waals surface area contributed by atoms with Gasteiger partial charge in [-0.2, -0.15) is 0 Å². The van der Waals surface area contributed by atoms with Crippen LogP contribution < -0.4 is 15.7 Å². The number of alkyl carbamates (subject to hydrolysis) is 1. The van der Waals surface area contributed by atoms with Crippen LogP contribution in [0.4, 0.5) is 4.79 Å². The fourth-order valence-corrected chi connectivity index (χ4v) is 8.28. The summed E-state index contributed by atoms with van der Waals surface area (Å²) in [5.41, 5.74) is -0.000735. The summed E-state index contributed by atoms with van der Waals surface area (Å²) in [6, 6.07) is 20.6. The molecule has 1 N–H and O–H groups in total. The van der Waals surface area contributed by atoms with Crippen LogP contribution >= 0.6 is 0 Å². The van der Waals surface area contributed by atoms with Gasteiger partial charge in [0.15, 0.2) is 0 Å². The molecule has 0 heterocycles. The molecular weight excluding hydrogens is 446 g/mol. The first-order valence-electron chi connectivity index (χ1n) is 11.4. The smallest absolute Gasteiger partial charge is 0.408 e. The maximum Gasteiger partial charge on any atom is 0.408 e. The highest BCUT2D eigenvalue weighted by atomic mass is 28.4. The molecule has 0 bridgehead atoms. The number of hydrogen-bond acceptors (Lipinski definition) is 5. The van der Waals surface area contributed by atoms with Gasteiger partial charge in [-0.25, -0.2) is 4.79 Å². The van der Waals surface area contributed by atoms with Gasteiger partial charge in [-0.15, -0.1) is 0 Å². The fraction of sp³-hybridized carbons (Fsp3) is 0.407. The van der Waals surface area contributed by atoms with E-state index in [1.807, 2.05) is 36.4 Å². The molecule has 2 aromatic rings. The van der Waals surface area contributed by atoms with Crippen molar-refractivity contribution >= 4 is 30.8 Å². The Balaban J connectivity index is 2.06. The van der Waals surface area contributed by atoms with E-state index in [4.69, 9.17) is 13.9 Å². The molecule has 0 aliphatic heterocycles. The Morgan fingerprint density at radius 1 is 0.853 bits per heavy atom. The Morgan fingerprint density at radius 2 is 1.35 bits per heavy atom. The molecule has 0 radical (unpaired) electrons. The normalized spacial score (nSPS) is 12.1. The van der Waals surface area contributed by atoms with Crippen LogP contribution in [0.5, 0.6) is 0 Å². The minimum Gasteiger partial charge on any atom is -0.460 e. The highest BCUT2D eigenvalue weighted by Crippen LogP contribution is 2.36. The van der Waals surface area contributed by atoms with Gasteiger partial charge in [-0.05, 0) is 41.8 Å². The fourth-order valence-electron chi connectivity index (χ4n) is 3.71. The first kappa shape index (κ1) is 27.3. The summed E-state index contributed by atoms with van der Waals surface area (Å²) in [6.45, 7) is 15.9. The summed E-state index contributed by atoms with van der Waals surface area (Å²) < 4.78 is 17.2. The number of amides is 1. The zero-order chi connectivity index (χ0) is 25.4. The summed E-state index contributed by atoms with van der Waals surface area (Å²) in [5.74, 6) is -0.572. The minimum atomic E-state index is -2.70. The van der Waals surface area contributed by atoms with Crippen molar-refractivity contribution in [3.8, 4) is 0 Å². The van der Waals surface area contributed by atoms with Gasteiger partial charge in [0.25, 0.3) is 8.32 Å². The van der Waals surface area contributed by atoms with Crippen LogP contribution in [0.2, 0.25) is 5.04 Å². The maximum absolute atomic E-state index is 12.1. The molecule has 0 aromatic heterocycles. The second kappa shape index (κ2) is 11.5. The Labute approximate surface area is 204 Å². The van der Waals surface area contributed by atoms with Crippen molar-refractivity contribution in [2.24, 2.45) is 0 Å². The molecule has 0 saturated carbocycles. The van der Waals surface area contributed by atoms with Crippen molar-refractivity contribution in [1.29, 1.82) is 0 Å².